The Kier molecular flexibility index (Phi) is 8.82. The second-order valence-electron chi connectivity index (χ2n) is 11.8. The van der Waals surface area contributed by atoms with Crippen LogP contribution in [0.2, 0.25) is 5.02 Å². The summed E-state index contributed by atoms with van der Waals surface area (Å²) in [6, 6.07) is 13.8. The number of benzene rings is 4. The molecule has 0 radical (unpaired) electrons. The van der Waals surface area contributed by atoms with Crippen molar-refractivity contribution < 1.29 is 23.1 Å². The number of nitrogens with zero attached hydrogens (tertiary/aromatic N) is 6. The summed E-state index contributed by atoms with van der Waals surface area (Å²) >= 11 is 6.72. The number of nitrogens with one attached hydrogen (secondary N) is 2. The number of aromatic nitrogens is 6. The Morgan fingerprint density at radius 1 is 0.981 bits per heavy atom. The highest BCUT2D eigenvalue weighted by molar-refractivity contribution is 6.34. The van der Waals surface area contributed by atoms with Crippen molar-refractivity contribution in [2.45, 2.75) is 13.1 Å². The Balaban J connectivity index is 1.49. The number of aryl methyl sites for hydroxylation is 1. The first-order valence-electron chi connectivity index (χ1n) is 15.6. The standard InChI is InChI=1S/C36H26ClF3N8O4/c1-41-14-23-24-17-46(2)45-29(24)11-25(37)32(23)43-34-44-35(51)48(36(52)47(34)16-21-10-27(39)28(40)12-26(21)38)30-15-42-13-20-7-4-8-22(31(20)30)18-5-3-6-19(9-18)33(49)50/h3-13,15,17,41H,14,16H2,1-2H3,(H,49,50)(H,43,44,51). The summed E-state index contributed by atoms with van der Waals surface area (Å²) in [6.07, 6.45) is 4.54. The number of carboxylic acid groups (broad SMARTS) is 1. The minimum absolute atomic E-state index is 0.0102. The Morgan fingerprint density at radius 2 is 1.75 bits per heavy atom. The molecule has 0 fully saturated rings. The van der Waals surface area contributed by atoms with E-state index in [-0.39, 0.29) is 34.5 Å². The van der Waals surface area contributed by atoms with E-state index in [2.05, 4.69) is 25.7 Å². The number of hydrogen-bond acceptors (Lipinski definition) is 8. The van der Waals surface area contributed by atoms with Gasteiger partial charge < -0.3 is 15.7 Å². The number of halogens is 4. The van der Waals surface area contributed by atoms with E-state index >= 15 is 4.39 Å². The number of fused-ring (bicyclic) bond motifs is 2. The van der Waals surface area contributed by atoms with E-state index < -0.39 is 46.9 Å². The second kappa shape index (κ2) is 13.4. The largest absolute Gasteiger partial charge is 0.478 e. The minimum atomic E-state index is -1.43. The van der Waals surface area contributed by atoms with Crippen molar-refractivity contribution >= 4 is 50.9 Å². The molecule has 0 atom stereocenters. The zero-order chi connectivity index (χ0) is 36.8. The van der Waals surface area contributed by atoms with E-state index in [1.807, 2.05) is 0 Å². The van der Waals surface area contributed by atoms with Gasteiger partial charge in [0.1, 0.15) is 5.82 Å². The van der Waals surface area contributed by atoms with E-state index in [1.54, 1.807) is 61.4 Å². The topological polar surface area (TPSA) is 149 Å². The lowest BCUT2D eigenvalue weighted by Gasteiger charge is -2.19. The molecule has 7 rings (SSSR count). The number of aromatic carboxylic acids is 1. The van der Waals surface area contributed by atoms with Crippen LogP contribution in [0, 0.1) is 17.5 Å². The lowest BCUT2D eigenvalue weighted by molar-refractivity contribution is 0.0697. The molecule has 3 aromatic heterocycles. The summed E-state index contributed by atoms with van der Waals surface area (Å²) in [4.78, 5) is 48.9. The van der Waals surface area contributed by atoms with E-state index in [4.69, 9.17) is 11.6 Å². The quantitative estimate of drug-likeness (QED) is 0.158. The lowest BCUT2D eigenvalue weighted by Crippen LogP contribution is -2.42. The molecule has 0 unspecified atom stereocenters. The molecule has 7 aromatic rings. The van der Waals surface area contributed by atoms with Gasteiger partial charge in [-0.15, -0.1) is 0 Å². The maximum Gasteiger partial charge on any atom is 0.359 e. The van der Waals surface area contributed by atoms with Crippen LogP contribution >= 0.6 is 11.6 Å². The molecular formula is C36H26ClF3N8O4. The van der Waals surface area contributed by atoms with Gasteiger partial charge in [-0.25, -0.2) is 32.1 Å². The van der Waals surface area contributed by atoms with Crippen molar-refractivity contribution in [3.8, 4) is 16.8 Å². The van der Waals surface area contributed by atoms with E-state index in [1.165, 1.54) is 24.5 Å². The first kappa shape index (κ1) is 34.1. The molecule has 4 aromatic carbocycles. The third-order valence-electron chi connectivity index (χ3n) is 8.49. The predicted molar refractivity (Wildman–Crippen MR) is 189 cm³/mol. The third kappa shape index (κ3) is 6.05. The van der Waals surface area contributed by atoms with Crippen molar-refractivity contribution in [3.63, 3.8) is 0 Å². The van der Waals surface area contributed by atoms with Crippen molar-refractivity contribution in [2.24, 2.45) is 7.05 Å². The maximum atomic E-state index is 15.1. The summed E-state index contributed by atoms with van der Waals surface area (Å²) in [5, 5.41) is 21.8. The van der Waals surface area contributed by atoms with Gasteiger partial charge in [0.15, 0.2) is 11.6 Å². The zero-order valence-corrected chi connectivity index (χ0v) is 28.0. The van der Waals surface area contributed by atoms with Crippen LogP contribution in [0.4, 0.5) is 24.8 Å². The van der Waals surface area contributed by atoms with E-state index in [0.29, 0.717) is 50.5 Å². The molecule has 0 spiro atoms. The third-order valence-corrected chi connectivity index (χ3v) is 8.79. The summed E-state index contributed by atoms with van der Waals surface area (Å²) in [5.41, 5.74) is -0.152. The summed E-state index contributed by atoms with van der Waals surface area (Å²) in [6.45, 7) is -0.435. The van der Waals surface area contributed by atoms with Crippen molar-refractivity contribution in [1.29, 1.82) is 0 Å². The van der Waals surface area contributed by atoms with Crippen molar-refractivity contribution in [2.75, 3.05) is 12.4 Å². The van der Waals surface area contributed by atoms with Crippen LogP contribution in [0.15, 0.2) is 88.8 Å². The summed E-state index contributed by atoms with van der Waals surface area (Å²) in [5.74, 6) is -5.45. The second-order valence-corrected chi connectivity index (χ2v) is 12.2. The Morgan fingerprint density at radius 3 is 2.52 bits per heavy atom. The molecular weight excluding hydrogens is 701 g/mol. The van der Waals surface area contributed by atoms with Crippen molar-refractivity contribution in [1.82, 2.24) is 34.2 Å². The molecule has 0 amide bonds. The highest BCUT2D eigenvalue weighted by atomic mass is 35.5. The summed E-state index contributed by atoms with van der Waals surface area (Å²) < 4.78 is 46.7. The molecule has 0 saturated heterocycles. The van der Waals surface area contributed by atoms with Crippen LogP contribution in [0.1, 0.15) is 21.5 Å². The molecule has 0 aliphatic rings. The van der Waals surface area contributed by atoms with Gasteiger partial charge in [-0.05, 0) is 42.4 Å². The SMILES string of the molecule is CNCc1c(Nc2nc(=O)n(-c3cncc4cccc(-c5cccc(C(=O)O)c5)c34)c(=O)n2Cc2cc(F)c(F)cc2F)c(Cl)cc2nn(C)cc12. The normalized spacial score (nSPS) is 11.4. The minimum Gasteiger partial charge on any atom is -0.478 e. The first-order valence-corrected chi connectivity index (χ1v) is 16.0. The van der Waals surface area contributed by atoms with Crippen LogP contribution in [0.3, 0.4) is 0 Å². The summed E-state index contributed by atoms with van der Waals surface area (Å²) in [7, 11) is 3.44. The number of carboxylic acids is 1. The highest BCUT2D eigenvalue weighted by Gasteiger charge is 2.23. The van der Waals surface area contributed by atoms with Gasteiger partial charge in [-0.1, -0.05) is 41.9 Å². The molecule has 0 saturated carbocycles. The van der Waals surface area contributed by atoms with Gasteiger partial charge in [-0.3, -0.25) is 14.2 Å². The predicted octanol–water partition coefficient (Wildman–Crippen LogP) is 5.78. The Bertz CT molecular complexity index is 2710. The molecule has 3 N–H and O–H groups in total. The number of anilines is 2. The molecule has 0 aliphatic heterocycles. The molecule has 16 heteroatoms. The van der Waals surface area contributed by atoms with Crippen LogP contribution in [-0.2, 0) is 20.1 Å². The smallest absolute Gasteiger partial charge is 0.359 e. The average Bonchev–Trinajstić information content (AvgIpc) is 3.49. The van der Waals surface area contributed by atoms with Gasteiger partial charge in [-0.2, -0.15) is 10.1 Å². The van der Waals surface area contributed by atoms with Gasteiger partial charge in [0.05, 0.1) is 40.2 Å². The maximum absolute atomic E-state index is 15.1. The fraction of sp³-hybridized carbons (Fsp3) is 0.111. The zero-order valence-electron chi connectivity index (χ0n) is 27.3. The average molecular weight is 727 g/mol. The Labute approximate surface area is 296 Å². The van der Waals surface area contributed by atoms with Crippen LogP contribution < -0.4 is 22.0 Å². The van der Waals surface area contributed by atoms with Gasteiger partial charge in [0.2, 0.25) is 5.95 Å². The Hall–Kier alpha value is -6.32. The van der Waals surface area contributed by atoms with E-state index in [9.17, 15) is 28.3 Å². The van der Waals surface area contributed by atoms with E-state index in [0.717, 1.165) is 9.13 Å². The molecule has 0 bridgehead atoms. The first-order chi connectivity index (χ1) is 24.9. The fourth-order valence-corrected chi connectivity index (χ4v) is 6.43. The molecule has 3 heterocycles. The van der Waals surface area contributed by atoms with Crippen LogP contribution in [-0.4, -0.2) is 47.0 Å². The lowest BCUT2D eigenvalue weighted by atomic mass is 9.97. The molecule has 52 heavy (non-hydrogen) atoms. The fourth-order valence-electron chi connectivity index (χ4n) is 6.16. The molecule has 262 valence electrons. The molecule has 0 aliphatic carbocycles. The van der Waals surface area contributed by atoms with Gasteiger partial charge >= 0.3 is 17.3 Å². The number of rotatable bonds is 9. The molecule has 12 nitrogen and oxygen atoms in total. The van der Waals surface area contributed by atoms with Crippen molar-refractivity contribution in [3.05, 3.63) is 139 Å². The van der Waals surface area contributed by atoms with Crippen LogP contribution in [0.5, 0.6) is 0 Å². The monoisotopic (exact) mass is 726 g/mol. The highest BCUT2D eigenvalue weighted by Crippen LogP contribution is 2.36. The van der Waals surface area contributed by atoms with Gasteiger partial charge in [0.25, 0.3) is 0 Å². The number of hydrogen-bond donors (Lipinski definition) is 3. The van der Waals surface area contributed by atoms with Gasteiger partial charge in [0, 0.05) is 59.3 Å². The van der Waals surface area contributed by atoms with Crippen LogP contribution in [0.25, 0.3) is 38.5 Å². The number of carbonyl (C=O) groups is 1. The number of pyridine rings is 1.